The van der Waals surface area contributed by atoms with E-state index in [1.54, 1.807) is 39.4 Å². The van der Waals surface area contributed by atoms with Crippen molar-refractivity contribution in [2.45, 2.75) is 83.2 Å². The van der Waals surface area contributed by atoms with E-state index >= 15 is 0 Å². The number of aromatic nitrogens is 1. The Morgan fingerprint density at radius 2 is 1.89 bits per heavy atom. The van der Waals surface area contributed by atoms with Gasteiger partial charge >= 0.3 is 0 Å². The van der Waals surface area contributed by atoms with E-state index < -0.39 is 18.1 Å². The molecule has 11 heteroatoms. The van der Waals surface area contributed by atoms with Crippen LogP contribution in [0.2, 0.25) is 0 Å². The number of ether oxygens (including phenoxy) is 2. The van der Waals surface area contributed by atoms with Gasteiger partial charge in [0.2, 0.25) is 17.7 Å². The summed E-state index contributed by atoms with van der Waals surface area (Å²) in [6, 6.07) is 9.27. The predicted octanol–water partition coefficient (Wildman–Crippen LogP) is 3.68. The van der Waals surface area contributed by atoms with E-state index in [0.29, 0.717) is 13.0 Å². The molecular formula is C33H51N5O5S. The van der Waals surface area contributed by atoms with Gasteiger partial charge in [0.05, 0.1) is 49.2 Å². The van der Waals surface area contributed by atoms with E-state index in [0.717, 1.165) is 29.8 Å². The Bertz CT molecular complexity index is 1170. The van der Waals surface area contributed by atoms with Crippen molar-refractivity contribution in [3.8, 4) is 0 Å². The lowest BCUT2D eigenvalue weighted by Crippen LogP contribution is -2.54. The summed E-state index contributed by atoms with van der Waals surface area (Å²) in [5.74, 6) is -0.614. The summed E-state index contributed by atoms with van der Waals surface area (Å²) >= 11 is 1.52. The number of methoxy groups -OCH3 is 2. The van der Waals surface area contributed by atoms with Crippen molar-refractivity contribution in [1.82, 2.24) is 25.4 Å². The fraction of sp³-hybridized carbons (Fsp3) is 0.636. The smallest absolute Gasteiger partial charge is 0.236 e. The van der Waals surface area contributed by atoms with Crippen LogP contribution >= 0.6 is 11.3 Å². The normalized spacial score (nSPS) is 19.1. The van der Waals surface area contributed by atoms with Crippen LogP contribution in [0.15, 0.2) is 41.9 Å². The first-order chi connectivity index (χ1) is 21.2. The highest BCUT2D eigenvalue weighted by molar-refractivity contribution is 7.09. The molecule has 2 N–H and O–H groups in total. The molecule has 0 spiro atoms. The van der Waals surface area contributed by atoms with Crippen LogP contribution in [-0.2, 0) is 30.3 Å². The van der Waals surface area contributed by atoms with Gasteiger partial charge in [0.1, 0.15) is 5.01 Å². The molecule has 6 unspecified atom stereocenters. The number of rotatable bonds is 17. The van der Waals surface area contributed by atoms with Gasteiger partial charge in [-0.05, 0) is 37.8 Å². The molecule has 0 saturated carbocycles. The van der Waals surface area contributed by atoms with Crippen molar-refractivity contribution in [1.29, 1.82) is 0 Å². The molecule has 3 rings (SSSR count). The lowest BCUT2D eigenvalue weighted by molar-refractivity contribution is -0.145. The summed E-state index contributed by atoms with van der Waals surface area (Å²) in [5.41, 5.74) is 1.11. The molecule has 2 aromatic rings. The van der Waals surface area contributed by atoms with Crippen LogP contribution in [0.5, 0.6) is 0 Å². The second-order valence-corrected chi connectivity index (χ2v) is 12.7. The van der Waals surface area contributed by atoms with Gasteiger partial charge in [0.15, 0.2) is 0 Å². The zero-order chi connectivity index (χ0) is 32.2. The van der Waals surface area contributed by atoms with E-state index in [1.807, 2.05) is 47.5 Å². The van der Waals surface area contributed by atoms with Gasteiger partial charge in [0, 0.05) is 39.4 Å². The second-order valence-electron chi connectivity index (χ2n) is 11.8. The Morgan fingerprint density at radius 1 is 1.16 bits per heavy atom. The van der Waals surface area contributed by atoms with Crippen molar-refractivity contribution in [2.75, 3.05) is 41.4 Å². The first-order valence-corrected chi connectivity index (χ1v) is 16.5. The Hall–Kier alpha value is -2.86. The Morgan fingerprint density at radius 3 is 2.48 bits per heavy atom. The van der Waals surface area contributed by atoms with Crippen molar-refractivity contribution in [3.05, 3.63) is 52.5 Å². The van der Waals surface area contributed by atoms with Crippen LogP contribution in [0.1, 0.15) is 63.1 Å². The fourth-order valence-electron chi connectivity index (χ4n) is 6.36. The quantitative estimate of drug-likeness (QED) is 0.275. The maximum Gasteiger partial charge on any atom is 0.236 e. The zero-order valence-electron chi connectivity index (χ0n) is 27.3. The lowest BCUT2D eigenvalue weighted by atomic mass is 9.90. The first-order valence-electron chi connectivity index (χ1n) is 15.7. The van der Waals surface area contributed by atoms with Crippen molar-refractivity contribution in [3.63, 3.8) is 0 Å². The second kappa shape index (κ2) is 17.6. The van der Waals surface area contributed by atoms with E-state index in [-0.39, 0.29) is 54.7 Å². The number of likely N-dealkylation sites (tertiary alicyclic amines) is 1. The standard InChI is InChI=1S/C33H51N5O5S/c1-8-22(2)30(37(5)29(40)21-34-4)27(42-6)20-28(39)38-17-12-15-26(38)31(43-7)23(3)32(41)36-25(33-35-16-18-44-33)19-24-13-10-9-11-14-24/h9-11,13-14,16,18,22-23,25-27,30-31,34H,8,12,15,17,19-21H2,1-7H3,(H,36,41)/t22?,23-,25?,26?,27?,30?,31?/m1/s1. The molecule has 1 aliphatic heterocycles. The Kier molecular flexibility index (Phi) is 14.2. The van der Waals surface area contributed by atoms with E-state index in [2.05, 4.69) is 29.5 Å². The average Bonchev–Trinajstić information content (AvgIpc) is 3.74. The van der Waals surface area contributed by atoms with E-state index in [4.69, 9.17) is 9.47 Å². The van der Waals surface area contributed by atoms with Crippen molar-refractivity contribution >= 4 is 29.1 Å². The number of carbonyl (C=O) groups is 3. The molecule has 7 atom stereocenters. The van der Waals surface area contributed by atoms with Crippen LogP contribution in [0, 0.1) is 11.8 Å². The third-order valence-electron chi connectivity index (χ3n) is 8.98. The maximum absolute atomic E-state index is 13.9. The van der Waals surface area contributed by atoms with Crippen LogP contribution in [0.25, 0.3) is 0 Å². The Labute approximate surface area is 266 Å². The van der Waals surface area contributed by atoms with Crippen LogP contribution in [0.3, 0.4) is 0 Å². The number of nitrogens with zero attached hydrogens (tertiary/aromatic N) is 3. The van der Waals surface area contributed by atoms with Crippen LogP contribution in [-0.4, -0.2) is 98.2 Å². The fourth-order valence-corrected chi connectivity index (χ4v) is 7.05. The first kappa shape index (κ1) is 35.6. The number of nitrogens with one attached hydrogen (secondary N) is 2. The van der Waals surface area contributed by atoms with Gasteiger partial charge in [-0.2, -0.15) is 0 Å². The van der Waals surface area contributed by atoms with Crippen molar-refractivity contribution in [2.24, 2.45) is 11.8 Å². The molecule has 44 heavy (non-hydrogen) atoms. The van der Waals surface area contributed by atoms with E-state index in [9.17, 15) is 14.4 Å². The lowest BCUT2D eigenvalue weighted by Gasteiger charge is -2.39. The highest BCUT2D eigenvalue weighted by Gasteiger charge is 2.42. The average molecular weight is 630 g/mol. The van der Waals surface area contributed by atoms with Crippen molar-refractivity contribution < 1.29 is 23.9 Å². The zero-order valence-corrected chi connectivity index (χ0v) is 28.1. The molecule has 1 aromatic carbocycles. The third kappa shape index (κ3) is 9.09. The summed E-state index contributed by atoms with van der Waals surface area (Å²) in [7, 11) is 6.73. The van der Waals surface area contributed by atoms with Gasteiger partial charge in [0.25, 0.3) is 0 Å². The van der Waals surface area contributed by atoms with Gasteiger partial charge in [-0.1, -0.05) is 57.5 Å². The molecule has 0 radical (unpaired) electrons. The molecule has 1 aliphatic rings. The monoisotopic (exact) mass is 629 g/mol. The van der Waals surface area contributed by atoms with E-state index in [1.165, 1.54) is 11.3 Å². The summed E-state index contributed by atoms with van der Waals surface area (Å²) in [5, 5.41) is 8.90. The molecular weight excluding hydrogens is 578 g/mol. The maximum atomic E-state index is 13.9. The van der Waals surface area contributed by atoms with Crippen LogP contribution in [0.4, 0.5) is 0 Å². The number of thiazole rings is 1. The van der Waals surface area contributed by atoms with Crippen LogP contribution < -0.4 is 10.6 Å². The molecule has 10 nitrogen and oxygen atoms in total. The third-order valence-corrected chi connectivity index (χ3v) is 9.87. The number of amides is 3. The molecule has 1 aromatic heterocycles. The number of hydrogen-bond donors (Lipinski definition) is 2. The van der Waals surface area contributed by atoms with Gasteiger partial charge in [-0.15, -0.1) is 11.3 Å². The highest BCUT2D eigenvalue weighted by atomic mass is 32.1. The summed E-state index contributed by atoms with van der Waals surface area (Å²) in [6.07, 6.45) is 3.97. The summed E-state index contributed by atoms with van der Waals surface area (Å²) in [6.45, 7) is 6.83. The molecule has 2 heterocycles. The molecule has 1 saturated heterocycles. The number of benzene rings is 1. The summed E-state index contributed by atoms with van der Waals surface area (Å²) in [4.78, 5) is 48.4. The molecule has 0 aliphatic carbocycles. The number of likely N-dealkylation sites (N-methyl/N-ethyl adjacent to an activating group) is 2. The number of hydrogen-bond acceptors (Lipinski definition) is 8. The Balaban J connectivity index is 1.74. The van der Waals surface area contributed by atoms with Gasteiger partial charge in [-0.25, -0.2) is 4.98 Å². The molecule has 1 fully saturated rings. The molecule has 244 valence electrons. The minimum Gasteiger partial charge on any atom is -0.379 e. The predicted molar refractivity (Wildman–Crippen MR) is 173 cm³/mol. The number of carbonyl (C=O) groups excluding carboxylic acids is 3. The van der Waals surface area contributed by atoms with Gasteiger partial charge in [-0.3, -0.25) is 14.4 Å². The van der Waals surface area contributed by atoms with Gasteiger partial charge < -0.3 is 29.9 Å². The molecule has 3 amide bonds. The molecule has 0 bridgehead atoms. The largest absolute Gasteiger partial charge is 0.379 e. The highest BCUT2D eigenvalue weighted by Crippen LogP contribution is 2.30. The minimum absolute atomic E-state index is 0.0473. The summed E-state index contributed by atoms with van der Waals surface area (Å²) < 4.78 is 11.8. The topological polar surface area (TPSA) is 113 Å². The SMILES string of the molecule is CCC(C)C(C(CC(=O)N1CCCC1C(OC)[C@@H](C)C(=O)NC(Cc1ccccc1)c1nccs1)OC)N(C)C(=O)CNC. The minimum atomic E-state index is -0.506.